The van der Waals surface area contributed by atoms with Crippen molar-refractivity contribution in [2.45, 2.75) is 6.92 Å². The molecule has 0 radical (unpaired) electrons. The van der Waals surface area contributed by atoms with E-state index in [1.165, 1.54) is 6.33 Å². The molecule has 2 N–H and O–H groups in total. The first kappa shape index (κ1) is 16.6. The van der Waals surface area contributed by atoms with Crippen LogP contribution in [0.2, 0.25) is 5.02 Å². The molecule has 0 aliphatic heterocycles. The largest absolute Gasteiger partial charge is 0.418 e. The number of hydrogen-bond donors (Lipinski definition) is 2. The van der Waals surface area contributed by atoms with Gasteiger partial charge in [0.05, 0.1) is 30.0 Å². The topological polar surface area (TPSA) is 102 Å². The van der Waals surface area contributed by atoms with E-state index in [4.69, 9.17) is 16.3 Å². The summed E-state index contributed by atoms with van der Waals surface area (Å²) < 4.78 is 5.27. The van der Waals surface area contributed by atoms with Crippen molar-refractivity contribution in [1.82, 2.24) is 19.9 Å². The standard InChI is InChI=1S/C16H13ClN6O2/c1-10-6-20-14(22-13-7-18-9-19-8-13)15(21-10)25-16(24)23-12-4-2-3-11(17)5-12/h2-9H,1H3,(H,20,22)(H,23,24). The first-order chi connectivity index (χ1) is 12.1. The molecule has 25 heavy (non-hydrogen) atoms. The summed E-state index contributed by atoms with van der Waals surface area (Å²) >= 11 is 5.89. The molecule has 0 unspecified atom stereocenters. The fraction of sp³-hybridized carbons (Fsp3) is 0.0625. The van der Waals surface area contributed by atoms with E-state index >= 15 is 0 Å². The van der Waals surface area contributed by atoms with Crippen molar-refractivity contribution < 1.29 is 9.53 Å². The normalized spacial score (nSPS) is 10.2. The zero-order valence-electron chi connectivity index (χ0n) is 13.1. The molecule has 126 valence electrons. The molecule has 0 aliphatic rings. The van der Waals surface area contributed by atoms with Crippen LogP contribution in [0.4, 0.5) is 22.0 Å². The van der Waals surface area contributed by atoms with Gasteiger partial charge >= 0.3 is 6.09 Å². The highest BCUT2D eigenvalue weighted by Crippen LogP contribution is 2.23. The second-order valence-electron chi connectivity index (χ2n) is 4.94. The highest BCUT2D eigenvalue weighted by molar-refractivity contribution is 6.30. The Hall–Kier alpha value is -3.26. The van der Waals surface area contributed by atoms with Gasteiger partial charge in [0, 0.05) is 10.7 Å². The van der Waals surface area contributed by atoms with Gasteiger partial charge in [-0.15, -0.1) is 0 Å². The summed E-state index contributed by atoms with van der Waals surface area (Å²) in [5, 5.41) is 6.03. The fourth-order valence-corrected chi connectivity index (χ4v) is 2.10. The van der Waals surface area contributed by atoms with Crippen LogP contribution in [0.3, 0.4) is 0 Å². The number of carbonyl (C=O) groups excluding carboxylic acids is 1. The minimum Gasteiger partial charge on any atom is -0.387 e. The van der Waals surface area contributed by atoms with Crippen LogP contribution >= 0.6 is 11.6 Å². The molecule has 0 spiro atoms. The number of benzene rings is 1. The van der Waals surface area contributed by atoms with Gasteiger partial charge in [-0.3, -0.25) is 5.32 Å². The molecular formula is C16H13ClN6O2. The number of rotatable bonds is 4. The predicted molar refractivity (Wildman–Crippen MR) is 93.2 cm³/mol. The van der Waals surface area contributed by atoms with Crippen molar-refractivity contribution in [1.29, 1.82) is 0 Å². The molecule has 8 nitrogen and oxygen atoms in total. The smallest absolute Gasteiger partial charge is 0.387 e. The van der Waals surface area contributed by atoms with E-state index < -0.39 is 6.09 Å². The number of nitrogens with zero attached hydrogens (tertiary/aromatic N) is 4. The first-order valence-electron chi connectivity index (χ1n) is 7.20. The lowest BCUT2D eigenvalue weighted by atomic mass is 10.3. The first-order valence-corrected chi connectivity index (χ1v) is 7.58. The molecule has 0 atom stereocenters. The molecule has 0 saturated carbocycles. The fourth-order valence-electron chi connectivity index (χ4n) is 1.91. The second-order valence-corrected chi connectivity index (χ2v) is 5.38. The van der Waals surface area contributed by atoms with Gasteiger partial charge in [0.1, 0.15) is 6.33 Å². The number of ether oxygens (including phenoxy) is 1. The summed E-state index contributed by atoms with van der Waals surface area (Å²) in [6.45, 7) is 1.74. The molecule has 0 fully saturated rings. The van der Waals surface area contributed by atoms with Crippen LogP contribution < -0.4 is 15.4 Å². The summed E-state index contributed by atoms with van der Waals surface area (Å²) in [6, 6.07) is 6.71. The number of anilines is 3. The Labute approximate surface area is 148 Å². The highest BCUT2D eigenvalue weighted by atomic mass is 35.5. The Kier molecular flexibility index (Phi) is 5.00. The lowest BCUT2D eigenvalue weighted by Crippen LogP contribution is -2.18. The summed E-state index contributed by atoms with van der Waals surface area (Å²) in [4.78, 5) is 28.3. The Morgan fingerprint density at radius 1 is 1.16 bits per heavy atom. The van der Waals surface area contributed by atoms with E-state index in [9.17, 15) is 4.79 Å². The van der Waals surface area contributed by atoms with Gasteiger partial charge in [0.15, 0.2) is 5.82 Å². The van der Waals surface area contributed by atoms with Gasteiger partial charge in [-0.1, -0.05) is 17.7 Å². The molecule has 3 rings (SSSR count). The summed E-state index contributed by atoms with van der Waals surface area (Å²) in [5.41, 5.74) is 1.69. The van der Waals surface area contributed by atoms with E-state index in [0.717, 1.165) is 0 Å². The van der Waals surface area contributed by atoms with E-state index in [1.807, 2.05) is 0 Å². The van der Waals surface area contributed by atoms with Crippen LogP contribution in [-0.4, -0.2) is 26.0 Å². The maximum atomic E-state index is 12.1. The van der Waals surface area contributed by atoms with Gasteiger partial charge in [-0.25, -0.2) is 24.7 Å². The lowest BCUT2D eigenvalue weighted by molar-refractivity contribution is 0.213. The Bertz CT molecular complexity index is 891. The molecule has 0 saturated heterocycles. The van der Waals surface area contributed by atoms with Crippen molar-refractivity contribution in [3.05, 3.63) is 59.9 Å². The number of aryl methyl sites for hydroxylation is 1. The van der Waals surface area contributed by atoms with E-state index in [0.29, 0.717) is 22.1 Å². The molecule has 9 heteroatoms. The van der Waals surface area contributed by atoms with Crippen LogP contribution in [0.5, 0.6) is 5.88 Å². The van der Waals surface area contributed by atoms with Gasteiger partial charge in [-0.2, -0.15) is 0 Å². The Balaban J connectivity index is 1.76. The second kappa shape index (κ2) is 7.54. The predicted octanol–water partition coefficient (Wildman–Crippen LogP) is 3.58. The molecule has 0 bridgehead atoms. The average Bonchev–Trinajstić information content (AvgIpc) is 2.58. The van der Waals surface area contributed by atoms with E-state index in [2.05, 4.69) is 30.6 Å². The monoisotopic (exact) mass is 356 g/mol. The van der Waals surface area contributed by atoms with Gasteiger partial charge < -0.3 is 10.1 Å². The van der Waals surface area contributed by atoms with Crippen molar-refractivity contribution in [3.63, 3.8) is 0 Å². The van der Waals surface area contributed by atoms with E-state index in [-0.39, 0.29) is 11.7 Å². The number of aromatic nitrogens is 4. The molecule has 3 aromatic rings. The molecule has 0 aliphatic carbocycles. The number of hydrogen-bond acceptors (Lipinski definition) is 7. The van der Waals surface area contributed by atoms with Crippen LogP contribution in [0.15, 0.2) is 49.2 Å². The zero-order chi connectivity index (χ0) is 17.6. The minimum atomic E-state index is -0.713. The molecule has 2 heterocycles. The third-order valence-corrected chi connectivity index (χ3v) is 3.18. The SMILES string of the molecule is Cc1cnc(Nc2cncnc2)c(OC(=O)Nc2cccc(Cl)c2)n1. The van der Waals surface area contributed by atoms with Crippen LogP contribution in [-0.2, 0) is 0 Å². The van der Waals surface area contributed by atoms with Crippen LogP contribution in [0.1, 0.15) is 5.69 Å². The average molecular weight is 357 g/mol. The highest BCUT2D eigenvalue weighted by Gasteiger charge is 2.14. The lowest BCUT2D eigenvalue weighted by Gasteiger charge is -2.11. The molecule has 2 aromatic heterocycles. The van der Waals surface area contributed by atoms with Crippen molar-refractivity contribution in [2.24, 2.45) is 0 Å². The van der Waals surface area contributed by atoms with Gasteiger partial charge in [0.2, 0.25) is 0 Å². The third-order valence-electron chi connectivity index (χ3n) is 2.94. The summed E-state index contributed by atoms with van der Waals surface area (Å²) in [5.74, 6) is 0.296. The maximum absolute atomic E-state index is 12.1. The molecular weight excluding hydrogens is 344 g/mol. The minimum absolute atomic E-state index is 0.0309. The van der Waals surface area contributed by atoms with Crippen molar-refractivity contribution in [3.8, 4) is 5.88 Å². The van der Waals surface area contributed by atoms with E-state index in [1.54, 1.807) is 49.8 Å². The van der Waals surface area contributed by atoms with Gasteiger partial charge in [0.25, 0.3) is 5.88 Å². The van der Waals surface area contributed by atoms with Crippen molar-refractivity contribution in [2.75, 3.05) is 10.6 Å². The molecule has 1 aromatic carbocycles. The quantitative estimate of drug-likeness (QED) is 0.736. The van der Waals surface area contributed by atoms with Crippen LogP contribution in [0.25, 0.3) is 0 Å². The number of nitrogens with one attached hydrogen (secondary N) is 2. The molecule has 1 amide bonds. The number of carbonyl (C=O) groups is 1. The van der Waals surface area contributed by atoms with Crippen molar-refractivity contribution >= 4 is 34.9 Å². The third kappa shape index (κ3) is 4.61. The van der Waals surface area contributed by atoms with Crippen LogP contribution in [0, 0.1) is 6.92 Å². The zero-order valence-corrected chi connectivity index (χ0v) is 13.9. The van der Waals surface area contributed by atoms with Gasteiger partial charge in [-0.05, 0) is 25.1 Å². The Morgan fingerprint density at radius 2 is 1.96 bits per heavy atom. The maximum Gasteiger partial charge on any atom is 0.418 e. The number of halogens is 1. The summed E-state index contributed by atoms with van der Waals surface area (Å²) in [6.07, 6.45) is 5.36. The Morgan fingerprint density at radius 3 is 2.72 bits per heavy atom. The summed E-state index contributed by atoms with van der Waals surface area (Å²) in [7, 11) is 0. The number of amides is 1.